The number of carbonyl (C=O) groups excluding carboxylic acids is 1. The number of likely N-dealkylation sites (tertiary alicyclic amines) is 1. The zero-order chi connectivity index (χ0) is 18.4. The fraction of sp³-hybridized carbons (Fsp3) is 0.588. The zero-order valence-corrected chi connectivity index (χ0v) is 16.3. The second-order valence-corrected chi connectivity index (χ2v) is 8.61. The van der Waals surface area contributed by atoms with Crippen LogP contribution in [0, 0.1) is 0 Å². The first kappa shape index (κ1) is 20.2. The minimum absolute atomic E-state index is 0.0880. The predicted molar refractivity (Wildman–Crippen MR) is 99.5 cm³/mol. The first-order valence-corrected chi connectivity index (χ1v) is 10.5. The molecule has 1 aromatic carbocycles. The van der Waals surface area contributed by atoms with E-state index in [1.165, 1.54) is 44.5 Å². The number of amides is 1. The summed E-state index contributed by atoms with van der Waals surface area (Å²) in [4.78, 5) is 14.6. The standard InChI is InChI=1S/C17H26ClN3O3S/c1-13-6-3-4-10-21(13)11-5-9-20-17(22)14-7-8-15(18)16(12-14)25(23,24)19-2/h7-8,12-13,19H,3-6,9-11H2,1-2H3,(H,20,22)/t13-/m1/s1. The summed E-state index contributed by atoms with van der Waals surface area (Å²) >= 11 is 5.93. The van der Waals surface area contributed by atoms with Crippen molar-refractivity contribution in [3.05, 3.63) is 28.8 Å². The van der Waals surface area contributed by atoms with E-state index < -0.39 is 10.0 Å². The molecule has 0 saturated carbocycles. The molecule has 0 unspecified atom stereocenters. The molecule has 1 fully saturated rings. The molecule has 1 aliphatic rings. The topological polar surface area (TPSA) is 78.5 Å². The van der Waals surface area contributed by atoms with E-state index in [2.05, 4.69) is 21.9 Å². The minimum atomic E-state index is -3.70. The van der Waals surface area contributed by atoms with E-state index in [4.69, 9.17) is 11.6 Å². The smallest absolute Gasteiger partial charge is 0.251 e. The molecular formula is C17H26ClN3O3S. The van der Waals surface area contributed by atoms with Gasteiger partial charge in [0, 0.05) is 24.7 Å². The van der Waals surface area contributed by atoms with Crippen LogP contribution in [0.1, 0.15) is 43.0 Å². The molecule has 1 atom stereocenters. The van der Waals surface area contributed by atoms with Gasteiger partial charge in [-0.05, 0) is 58.0 Å². The average molecular weight is 388 g/mol. The summed E-state index contributed by atoms with van der Waals surface area (Å²) in [5, 5.41) is 2.93. The quantitative estimate of drug-likeness (QED) is 0.703. The summed E-state index contributed by atoms with van der Waals surface area (Å²) in [7, 11) is -2.39. The summed E-state index contributed by atoms with van der Waals surface area (Å²) in [5.41, 5.74) is 0.282. The Bertz CT molecular complexity index is 709. The van der Waals surface area contributed by atoms with Crippen molar-refractivity contribution in [3.63, 3.8) is 0 Å². The van der Waals surface area contributed by atoms with Crippen LogP contribution < -0.4 is 10.0 Å². The SMILES string of the molecule is CNS(=O)(=O)c1cc(C(=O)NCCCN2CCCC[C@H]2C)ccc1Cl. The molecular weight excluding hydrogens is 362 g/mol. The van der Waals surface area contributed by atoms with Gasteiger partial charge in [0.25, 0.3) is 5.91 Å². The summed E-state index contributed by atoms with van der Waals surface area (Å²) < 4.78 is 26.1. The number of sulfonamides is 1. The number of carbonyl (C=O) groups is 1. The van der Waals surface area contributed by atoms with Crippen molar-refractivity contribution in [3.8, 4) is 0 Å². The van der Waals surface area contributed by atoms with E-state index in [1.54, 1.807) is 0 Å². The summed E-state index contributed by atoms with van der Waals surface area (Å²) in [5.74, 6) is -0.295. The van der Waals surface area contributed by atoms with Gasteiger partial charge in [-0.25, -0.2) is 13.1 Å². The Morgan fingerprint density at radius 1 is 1.36 bits per heavy atom. The Morgan fingerprint density at radius 3 is 2.80 bits per heavy atom. The fourth-order valence-corrected chi connectivity index (χ4v) is 4.29. The molecule has 1 aromatic rings. The highest BCUT2D eigenvalue weighted by Crippen LogP contribution is 2.22. The second-order valence-electron chi connectivity index (χ2n) is 6.34. The van der Waals surface area contributed by atoms with Gasteiger partial charge >= 0.3 is 0 Å². The maximum Gasteiger partial charge on any atom is 0.251 e. The predicted octanol–water partition coefficient (Wildman–Crippen LogP) is 2.24. The van der Waals surface area contributed by atoms with Crippen molar-refractivity contribution < 1.29 is 13.2 Å². The molecule has 0 aliphatic carbocycles. The van der Waals surface area contributed by atoms with Crippen molar-refractivity contribution in [2.45, 2.75) is 43.5 Å². The molecule has 0 aromatic heterocycles. The number of nitrogens with zero attached hydrogens (tertiary/aromatic N) is 1. The van der Waals surface area contributed by atoms with E-state index in [0.717, 1.165) is 19.5 Å². The lowest BCUT2D eigenvalue weighted by Gasteiger charge is -2.33. The molecule has 1 heterocycles. The number of hydrogen-bond acceptors (Lipinski definition) is 4. The van der Waals surface area contributed by atoms with Gasteiger partial charge in [-0.1, -0.05) is 18.0 Å². The van der Waals surface area contributed by atoms with Crippen LogP contribution >= 0.6 is 11.6 Å². The molecule has 140 valence electrons. The van der Waals surface area contributed by atoms with Gasteiger partial charge in [0.05, 0.1) is 5.02 Å². The molecule has 6 nitrogen and oxygen atoms in total. The van der Waals surface area contributed by atoms with Crippen LogP contribution in [0.3, 0.4) is 0 Å². The summed E-state index contributed by atoms with van der Waals surface area (Å²) in [6.07, 6.45) is 4.64. The molecule has 8 heteroatoms. The number of nitrogens with one attached hydrogen (secondary N) is 2. The monoisotopic (exact) mass is 387 g/mol. The van der Waals surface area contributed by atoms with Crippen molar-refractivity contribution >= 4 is 27.5 Å². The Hall–Kier alpha value is -1.15. The normalized spacial score (nSPS) is 18.9. The average Bonchev–Trinajstić information content (AvgIpc) is 2.60. The third-order valence-corrected chi connectivity index (χ3v) is 6.50. The summed E-state index contributed by atoms with van der Waals surface area (Å²) in [6, 6.07) is 4.86. The van der Waals surface area contributed by atoms with E-state index >= 15 is 0 Å². The maximum atomic E-state index is 12.3. The highest BCUT2D eigenvalue weighted by atomic mass is 35.5. The second kappa shape index (κ2) is 8.98. The third kappa shape index (κ3) is 5.41. The Balaban J connectivity index is 1.89. The van der Waals surface area contributed by atoms with Crippen LogP contribution in [-0.4, -0.2) is 51.9 Å². The molecule has 1 amide bonds. The molecule has 2 rings (SSSR count). The van der Waals surface area contributed by atoms with E-state index in [0.29, 0.717) is 12.6 Å². The lowest BCUT2D eigenvalue weighted by atomic mass is 10.0. The molecule has 0 bridgehead atoms. The van der Waals surface area contributed by atoms with E-state index in [-0.39, 0.29) is 21.4 Å². The van der Waals surface area contributed by atoms with Crippen LogP contribution in [0.4, 0.5) is 0 Å². The van der Waals surface area contributed by atoms with E-state index in [9.17, 15) is 13.2 Å². The van der Waals surface area contributed by atoms with Crippen molar-refractivity contribution in [1.82, 2.24) is 14.9 Å². The van der Waals surface area contributed by atoms with Crippen molar-refractivity contribution in [2.24, 2.45) is 0 Å². The van der Waals surface area contributed by atoms with Crippen LogP contribution in [0.5, 0.6) is 0 Å². The highest BCUT2D eigenvalue weighted by molar-refractivity contribution is 7.89. The number of piperidine rings is 1. The number of hydrogen-bond donors (Lipinski definition) is 2. The first-order valence-electron chi connectivity index (χ1n) is 8.60. The third-order valence-electron chi connectivity index (χ3n) is 4.60. The largest absolute Gasteiger partial charge is 0.352 e. The lowest BCUT2D eigenvalue weighted by molar-refractivity contribution is 0.0948. The molecule has 0 spiro atoms. The number of benzene rings is 1. The molecule has 0 radical (unpaired) electrons. The maximum absolute atomic E-state index is 12.3. The molecule has 1 saturated heterocycles. The van der Waals surface area contributed by atoms with Crippen LogP contribution in [0.25, 0.3) is 0 Å². The van der Waals surface area contributed by atoms with Crippen LogP contribution in [0.2, 0.25) is 5.02 Å². The van der Waals surface area contributed by atoms with Crippen LogP contribution in [0.15, 0.2) is 23.1 Å². The first-order chi connectivity index (χ1) is 11.8. The molecule has 1 aliphatic heterocycles. The minimum Gasteiger partial charge on any atom is -0.352 e. The van der Waals surface area contributed by atoms with Gasteiger partial charge in [-0.3, -0.25) is 4.79 Å². The van der Waals surface area contributed by atoms with Gasteiger partial charge in [0.2, 0.25) is 10.0 Å². The number of halogens is 1. The van der Waals surface area contributed by atoms with Crippen LogP contribution in [-0.2, 0) is 10.0 Å². The van der Waals surface area contributed by atoms with Gasteiger partial charge in [0.1, 0.15) is 4.90 Å². The molecule has 25 heavy (non-hydrogen) atoms. The fourth-order valence-electron chi connectivity index (χ4n) is 3.04. The molecule has 2 N–H and O–H groups in total. The van der Waals surface area contributed by atoms with Gasteiger partial charge in [-0.15, -0.1) is 0 Å². The Labute approximate surface area is 155 Å². The Kier molecular flexibility index (Phi) is 7.25. The van der Waals surface area contributed by atoms with Crippen molar-refractivity contribution in [1.29, 1.82) is 0 Å². The van der Waals surface area contributed by atoms with Gasteiger partial charge < -0.3 is 10.2 Å². The Morgan fingerprint density at radius 2 is 2.12 bits per heavy atom. The summed E-state index contributed by atoms with van der Waals surface area (Å²) in [6.45, 7) is 4.88. The zero-order valence-electron chi connectivity index (χ0n) is 14.7. The van der Waals surface area contributed by atoms with Crippen molar-refractivity contribution in [2.75, 3.05) is 26.7 Å². The highest BCUT2D eigenvalue weighted by Gasteiger charge is 2.19. The lowest BCUT2D eigenvalue weighted by Crippen LogP contribution is -2.39. The van der Waals surface area contributed by atoms with Gasteiger partial charge in [-0.2, -0.15) is 0 Å². The van der Waals surface area contributed by atoms with Gasteiger partial charge in [0.15, 0.2) is 0 Å². The van der Waals surface area contributed by atoms with E-state index in [1.807, 2.05) is 0 Å². The number of rotatable bonds is 7.